The number of hydrogen-bond acceptors (Lipinski definition) is 6. The van der Waals surface area contributed by atoms with Gasteiger partial charge in [-0.15, -0.1) is 0 Å². The molecule has 1 aliphatic rings. The second-order valence-electron chi connectivity index (χ2n) is 6.99. The summed E-state index contributed by atoms with van der Waals surface area (Å²) in [4.78, 5) is 15.2. The number of aromatic nitrogens is 2. The van der Waals surface area contributed by atoms with E-state index in [2.05, 4.69) is 10.00 Å². The third kappa shape index (κ3) is 4.50. The van der Waals surface area contributed by atoms with Crippen molar-refractivity contribution in [2.75, 3.05) is 45.2 Å². The van der Waals surface area contributed by atoms with Crippen molar-refractivity contribution in [3.63, 3.8) is 0 Å². The van der Waals surface area contributed by atoms with E-state index in [4.69, 9.17) is 15.2 Å². The Hall–Kier alpha value is -3.23. The Bertz CT molecular complexity index is 1010. The molecule has 1 aromatic heterocycles. The molecule has 2 N–H and O–H groups in total. The molecule has 8 heteroatoms. The van der Waals surface area contributed by atoms with Crippen molar-refractivity contribution in [3.8, 4) is 11.4 Å². The lowest BCUT2D eigenvalue weighted by Gasteiger charge is -2.26. The number of nitrogen functional groups attached to an aromatic ring is 1. The van der Waals surface area contributed by atoms with E-state index in [0.717, 1.165) is 32.8 Å². The highest BCUT2D eigenvalue weighted by Gasteiger charge is 2.18. The van der Waals surface area contributed by atoms with Crippen molar-refractivity contribution >= 4 is 11.6 Å². The standard InChI is InChI=1S/C22H23FN4O3/c23-17-4-6-18(7-5-17)27-22(24)20(15-25-27)21(28)16-2-1-3-19(14-16)30-13-10-26-8-11-29-12-9-26/h1-7,14-15H,8-13,24H2. The minimum Gasteiger partial charge on any atom is -0.492 e. The molecule has 1 aliphatic heterocycles. The fourth-order valence-corrected chi connectivity index (χ4v) is 3.32. The molecule has 0 atom stereocenters. The zero-order chi connectivity index (χ0) is 20.9. The molecule has 1 saturated heterocycles. The Morgan fingerprint density at radius 3 is 2.70 bits per heavy atom. The molecular formula is C22H23FN4O3. The van der Waals surface area contributed by atoms with Gasteiger partial charge >= 0.3 is 0 Å². The Morgan fingerprint density at radius 1 is 1.17 bits per heavy atom. The second kappa shape index (κ2) is 9.06. The number of nitrogens with zero attached hydrogens (tertiary/aromatic N) is 3. The van der Waals surface area contributed by atoms with Crippen LogP contribution in [0, 0.1) is 5.82 Å². The summed E-state index contributed by atoms with van der Waals surface area (Å²) < 4.78 is 25.7. The quantitative estimate of drug-likeness (QED) is 0.603. The summed E-state index contributed by atoms with van der Waals surface area (Å²) in [5.74, 6) is 0.217. The van der Waals surface area contributed by atoms with Gasteiger partial charge in [-0.1, -0.05) is 12.1 Å². The number of hydrogen-bond donors (Lipinski definition) is 1. The van der Waals surface area contributed by atoms with Gasteiger partial charge in [0.1, 0.15) is 24.0 Å². The van der Waals surface area contributed by atoms with Crippen LogP contribution in [0.15, 0.2) is 54.7 Å². The zero-order valence-corrected chi connectivity index (χ0v) is 16.5. The normalized spacial score (nSPS) is 14.6. The molecule has 4 rings (SSSR count). The lowest BCUT2D eigenvalue weighted by atomic mass is 10.1. The molecule has 7 nitrogen and oxygen atoms in total. The minimum absolute atomic E-state index is 0.199. The molecule has 2 heterocycles. The SMILES string of the molecule is Nc1c(C(=O)c2cccc(OCCN3CCOCC3)c2)cnn1-c1ccc(F)cc1. The maximum Gasteiger partial charge on any atom is 0.198 e. The summed E-state index contributed by atoms with van der Waals surface area (Å²) in [6, 6.07) is 12.7. The summed E-state index contributed by atoms with van der Waals surface area (Å²) in [7, 11) is 0. The molecule has 0 aliphatic carbocycles. The first-order chi connectivity index (χ1) is 14.6. The van der Waals surface area contributed by atoms with Gasteiger partial charge in [-0.3, -0.25) is 9.69 Å². The topological polar surface area (TPSA) is 82.6 Å². The molecule has 0 saturated carbocycles. The molecule has 0 radical (unpaired) electrons. The first-order valence-corrected chi connectivity index (χ1v) is 9.79. The van der Waals surface area contributed by atoms with E-state index < -0.39 is 0 Å². The van der Waals surface area contributed by atoms with E-state index >= 15 is 0 Å². The highest BCUT2D eigenvalue weighted by molar-refractivity contribution is 6.11. The van der Waals surface area contributed by atoms with E-state index in [0.29, 0.717) is 23.6 Å². The van der Waals surface area contributed by atoms with Crippen LogP contribution in [-0.2, 0) is 4.74 Å². The van der Waals surface area contributed by atoms with E-state index in [1.165, 1.54) is 23.0 Å². The molecule has 3 aromatic rings. The number of benzene rings is 2. The van der Waals surface area contributed by atoms with Crippen LogP contribution in [0.5, 0.6) is 5.75 Å². The number of anilines is 1. The van der Waals surface area contributed by atoms with Crippen molar-refractivity contribution in [3.05, 3.63) is 71.7 Å². The van der Waals surface area contributed by atoms with Gasteiger partial charge in [0.15, 0.2) is 5.78 Å². The number of halogens is 1. The fraction of sp³-hybridized carbons (Fsp3) is 0.273. The Kier molecular flexibility index (Phi) is 6.06. The van der Waals surface area contributed by atoms with Crippen molar-refractivity contribution in [1.29, 1.82) is 0 Å². The number of ketones is 1. The van der Waals surface area contributed by atoms with Crippen LogP contribution >= 0.6 is 0 Å². The molecule has 0 amide bonds. The largest absolute Gasteiger partial charge is 0.492 e. The molecule has 0 bridgehead atoms. The third-order valence-electron chi connectivity index (χ3n) is 5.00. The maximum absolute atomic E-state index is 13.2. The first-order valence-electron chi connectivity index (χ1n) is 9.79. The summed E-state index contributed by atoms with van der Waals surface area (Å²) in [6.07, 6.45) is 1.42. The van der Waals surface area contributed by atoms with Gasteiger partial charge in [0, 0.05) is 25.2 Å². The molecule has 156 valence electrons. The van der Waals surface area contributed by atoms with Crippen LogP contribution < -0.4 is 10.5 Å². The lowest BCUT2D eigenvalue weighted by molar-refractivity contribution is 0.0322. The van der Waals surface area contributed by atoms with E-state index in [9.17, 15) is 9.18 Å². The van der Waals surface area contributed by atoms with Crippen molar-refractivity contribution in [1.82, 2.24) is 14.7 Å². The predicted octanol–water partition coefficient (Wildman–Crippen LogP) is 2.54. The molecule has 30 heavy (non-hydrogen) atoms. The summed E-state index contributed by atoms with van der Waals surface area (Å²) in [5.41, 5.74) is 7.47. The lowest BCUT2D eigenvalue weighted by Crippen LogP contribution is -2.38. The smallest absolute Gasteiger partial charge is 0.198 e. The van der Waals surface area contributed by atoms with Gasteiger partial charge < -0.3 is 15.2 Å². The molecule has 0 unspecified atom stereocenters. The van der Waals surface area contributed by atoms with Crippen molar-refractivity contribution < 1.29 is 18.7 Å². The first kappa shape index (κ1) is 20.1. The number of ether oxygens (including phenoxy) is 2. The Morgan fingerprint density at radius 2 is 1.93 bits per heavy atom. The minimum atomic E-state index is -0.355. The average Bonchev–Trinajstić information content (AvgIpc) is 3.16. The summed E-state index contributed by atoms with van der Waals surface area (Å²) >= 11 is 0. The molecule has 2 aromatic carbocycles. The Labute approximate surface area is 173 Å². The van der Waals surface area contributed by atoms with Gasteiger partial charge in [-0.05, 0) is 36.4 Å². The van der Waals surface area contributed by atoms with Crippen LogP contribution in [0.1, 0.15) is 15.9 Å². The predicted molar refractivity (Wildman–Crippen MR) is 111 cm³/mol. The van der Waals surface area contributed by atoms with Crippen LogP contribution in [0.3, 0.4) is 0 Å². The molecule has 1 fully saturated rings. The molecular weight excluding hydrogens is 387 g/mol. The van der Waals surface area contributed by atoms with Crippen LogP contribution in [0.4, 0.5) is 10.2 Å². The second-order valence-corrected chi connectivity index (χ2v) is 6.99. The highest BCUT2D eigenvalue weighted by atomic mass is 19.1. The fourth-order valence-electron chi connectivity index (χ4n) is 3.32. The number of carbonyl (C=O) groups excluding carboxylic acids is 1. The number of nitrogens with two attached hydrogens (primary N) is 1. The van der Waals surface area contributed by atoms with Gasteiger partial charge in [0.05, 0.1) is 30.7 Å². The van der Waals surface area contributed by atoms with Crippen molar-refractivity contribution in [2.24, 2.45) is 0 Å². The number of rotatable bonds is 7. The van der Waals surface area contributed by atoms with Crippen LogP contribution in [0.25, 0.3) is 5.69 Å². The van der Waals surface area contributed by atoms with Gasteiger partial charge in [-0.2, -0.15) is 5.10 Å². The van der Waals surface area contributed by atoms with Crippen LogP contribution in [0.2, 0.25) is 0 Å². The number of morpholine rings is 1. The third-order valence-corrected chi connectivity index (χ3v) is 5.00. The average molecular weight is 410 g/mol. The molecule has 0 spiro atoms. The van der Waals surface area contributed by atoms with Gasteiger partial charge in [0.25, 0.3) is 0 Å². The van der Waals surface area contributed by atoms with Crippen LogP contribution in [-0.4, -0.2) is 59.9 Å². The number of carbonyl (C=O) groups is 1. The van der Waals surface area contributed by atoms with E-state index in [1.54, 1.807) is 30.3 Å². The Balaban J connectivity index is 1.44. The maximum atomic E-state index is 13.2. The van der Waals surface area contributed by atoms with Crippen molar-refractivity contribution in [2.45, 2.75) is 0 Å². The zero-order valence-electron chi connectivity index (χ0n) is 16.5. The van der Waals surface area contributed by atoms with E-state index in [-0.39, 0.29) is 23.0 Å². The highest BCUT2D eigenvalue weighted by Crippen LogP contribution is 2.22. The van der Waals surface area contributed by atoms with Gasteiger partial charge in [-0.25, -0.2) is 9.07 Å². The van der Waals surface area contributed by atoms with Gasteiger partial charge in [0.2, 0.25) is 0 Å². The monoisotopic (exact) mass is 410 g/mol. The summed E-state index contributed by atoms with van der Waals surface area (Å²) in [6.45, 7) is 4.63. The summed E-state index contributed by atoms with van der Waals surface area (Å²) in [5, 5.41) is 4.19. The van der Waals surface area contributed by atoms with E-state index in [1.807, 2.05) is 6.07 Å².